The second-order valence-electron chi connectivity index (χ2n) is 9.15. The van der Waals surface area contributed by atoms with Crippen molar-refractivity contribution in [3.63, 3.8) is 0 Å². The van der Waals surface area contributed by atoms with Gasteiger partial charge in [-0.1, -0.05) is 54.1 Å². The third-order valence-corrected chi connectivity index (χ3v) is 7.07. The molecule has 1 heterocycles. The van der Waals surface area contributed by atoms with E-state index < -0.39 is 17.8 Å². The van der Waals surface area contributed by atoms with Gasteiger partial charge in [0.05, 0.1) is 29.1 Å². The number of carbonyl (C=O) groups excluding carboxylic acids is 3. The molecule has 7 nitrogen and oxygen atoms in total. The third kappa shape index (κ3) is 4.98. The minimum atomic E-state index is -0.741. The Morgan fingerprint density at radius 3 is 2.20 bits per heavy atom. The number of halogens is 1. The third-order valence-electron chi connectivity index (χ3n) is 6.48. The lowest BCUT2D eigenvalue weighted by Gasteiger charge is -2.34. The van der Waals surface area contributed by atoms with Crippen LogP contribution in [0.1, 0.15) is 25.0 Å². The van der Waals surface area contributed by atoms with Crippen molar-refractivity contribution >= 4 is 62.0 Å². The second-order valence-corrected chi connectivity index (χ2v) is 10.0. The van der Waals surface area contributed by atoms with Gasteiger partial charge in [-0.05, 0) is 84.1 Å². The average molecular weight is 599 g/mol. The zero-order valence-corrected chi connectivity index (χ0v) is 23.9. The number of nitrogens with zero attached hydrogens (tertiary/aromatic N) is 2. The van der Waals surface area contributed by atoms with E-state index in [0.29, 0.717) is 51.5 Å². The number of fused-ring (bicyclic) bond motifs is 1. The molecule has 0 bridgehead atoms. The van der Waals surface area contributed by atoms with Crippen LogP contribution >= 0.6 is 15.9 Å². The van der Waals surface area contributed by atoms with E-state index in [1.165, 1.54) is 6.08 Å². The highest BCUT2D eigenvalue weighted by Crippen LogP contribution is 2.39. The van der Waals surface area contributed by atoms with E-state index in [1.807, 2.05) is 63.2 Å². The summed E-state index contributed by atoms with van der Waals surface area (Å²) >= 11 is 3.53. The highest BCUT2D eigenvalue weighted by atomic mass is 79.9. The van der Waals surface area contributed by atoms with Crippen LogP contribution in [0.5, 0.6) is 11.5 Å². The van der Waals surface area contributed by atoms with Crippen molar-refractivity contribution in [1.29, 1.82) is 0 Å². The number of hydrogen-bond donors (Lipinski definition) is 0. The molecule has 202 valence electrons. The second kappa shape index (κ2) is 11.4. The highest BCUT2D eigenvalue weighted by Gasteiger charge is 2.44. The molecule has 4 aromatic carbocycles. The van der Waals surface area contributed by atoms with Gasteiger partial charge >= 0.3 is 6.03 Å². The summed E-state index contributed by atoms with van der Waals surface area (Å²) < 4.78 is 12.1. The Morgan fingerprint density at radius 2 is 1.48 bits per heavy atom. The first kappa shape index (κ1) is 27.1. The lowest BCUT2D eigenvalue weighted by atomic mass is 10.0. The molecular formula is C32H27BrN2O5. The summed E-state index contributed by atoms with van der Waals surface area (Å²) in [6, 6.07) is 22.6. The Balaban J connectivity index is 1.70. The van der Waals surface area contributed by atoms with Crippen molar-refractivity contribution in [2.24, 2.45) is 0 Å². The van der Waals surface area contributed by atoms with Crippen molar-refractivity contribution in [2.75, 3.05) is 23.0 Å². The monoisotopic (exact) mass is 598 g/mol. The van der Waals surface area contributed by atoms with Gasteiger partial charge in [0.2, 0.25) is 0 Å². The van der Waals surface area contributed by atoms with Gasteiger partial charge in [-0.3, -0.25) is 9.59 Å². The SMILES string of the molecule is CCOc1cc(/C=C2\C(=O)N(c3ccc(C)cc3)C(=O)N(c3cccc4ccccc34)C2=O)cc(Br)c1OCC. The van der Waals surface area contributed by atoms with Gasteiger partial charge in [-0.25, -0.2) is 14.6 Å². The summed E-state index contributed by atoms with van der Waals surface area (Å²) in [5, 5.41) is 1.58. The maximum atomic E-state index is 14.0. The summed E-state index contributed by atoms with van der Waals surface area (Å²) in [5.74, 6) is -0.420. The number of aryl methyl sites for hydroxylation is 1. The number of carbonyl (C=O) groups is 3. The first-order chi connectivity index (χ1) is 19.3. The zero-order valence-electron chi connectivity index (χ0n) is 22.3. The predicted molar refractivity (Wildman–Crippen MR) is 160 cm³/mol. The number of barbiturate groups is 1. The molecule has 0 spiro atoms. The van der Waals surface area contributed by atoms with Crippen LogP contribution in [0.2, 0.25) is 0 Å². The molecular weight excluding hydrogens is 572 g/mol. The molecule has 0 atom stereocenters. The van der Waals surface area contributed by atoms with Gasteiger partial charge in [-0.2, -0.15) is 0 Å². The molecule has 0 unspecified atom stereocenters. The van der Waals surface area contributed by atoms with Crippen LogP contribution in [0.25, 0.3) is 16.8 Å². The molecule has 8 heteroatoms. The molecule has 1 saturated heterocycles. The van der Waals surface area contributed by atoms with Gasteiger partial charge < -0.3 is 9.47 Å². The minimum Gasteiger partial charge on any atom is -0.490 e. The highest BCUT2D eigenvalue weighted by molar-refractivity contribution is 9.10. The smallest absolute Gasteiger partial charge is 0.343 e. The van der Waals surface area contributed by atoms with Crippen LogP contribution in [-0.4, -0.2) is 31.1 Å². The van der Waals surface area contributed by atoms with Crippen molar-refractivity contribution in [3.8, 4) is 11.5 Å². The number of rotatable bonds is 7. The molecule has 0 N–H and O–H groups in total. The fourth-order valence-electron chi connectivity index (χ4n) is 4.65. The van der Waals surface area contributed by atoms with Gasteiger partial charge in [0.15, 0.2) is 11.5 Å². The van der Waals surface area contributed by atoms with Crippen molar-refractivity contribution in [3.05, 3.63) is 100 Å². The van der Waals surface area contributed by atoms with E-state index >= 15 is 0 Å². The Hall–Kier alpha value is -4.43. The van der Waals surface area contributed by atoms with E-state index in [0.717, 1.165) is 20.7 Å². The fraction of sp³-hybridized carbons (Fsp3) is 0.156. The molecule has 0 saturated carbocycles. The number of urea groups is 1. The minimum absolute atomic E-state index is 0.161. The molecule has 4 amide bonds. The summed E-state index contributed by atoms with van der Waals surface area (Å²) in [7, 11) is 0. The molecule has 0 aromatic heterocycles. The van der Waals surface area contributed by atoms with Crippen LogP contribution in [0.15, 0.2) is 88.9 Å². The van der Waals surface area contributed by atoms with E-state index in [1.54, 1.807) is 36.4 Å². The number of imide groups is 2. The molecule has 1 aliphatic rings. The molecule has 0 aliphatic carbocycles. The maximum absolute atomic E-state index is 14.0. The van der Waals surface area contributed by atoms with Gasteiger partial charge in [0.25, 0.3) is 11.8 Å². The summed E-state index contributed by atoms with van der Waals surface area (Å²) in [4.78, 5) is 43.9. The summed E-state index contributed by atoms with van der Waals surface area (Å²) in [6.45, 7) is 6.48. The Morgan fingerprint density at radius 1 is 0.800 bits per heavy atom. The molecule has 1 fully saturated rings. The largest absolute Gasteiger partial charge is 0.490 e. The molecule has 40 heavy (non-hydrogen) atoms. The summed E-state index contributed by atoms with van der Waals surface area (Å²) in [6.07, 6.45) is 1.49. The fourth-order valence-corrected chi connectivity index (χ4v) is 5.23. The Labute approximate surface area is 240 Å². The number of ether oxygens (including phenoxy) is 2. The predicted octanol–water partition coefficient (Wildman–Crippen LogP) is 7.29. The van der Waals surface area contributed by atoms with Crippen LogP contribution in [0.3, 0.4) is 0 Å². The Kier molecular flexibility index (Phi) is 7.71. The zero-order chi connectivity index (χ0) is 28.4. The van der Waals surface area contributed by atoms with E-state index in [4.69, 9.17) is 9.47 Å². The van der Waals surface area contributed by atoms with Crippen LogP contribution in [0.4, 0.5) is 16.2 Å². The maximum Gasteiger partial charge on any atom is 0.343 e. The number of benzene rings is 4. The molecule has 1 aliphatic heterocycles. The van der Waals surface area contributed by atoms with Crippen LogP contribution in [0, 0.1) is 6.92 Å². The average Bonchev–Trinajstić information content (AvgIpc) is 2.94. The van der Waals surface area contributed by atoms with Gasteiger partial charge in [0.1, 0.15) is 5.57 Å². The van der Waals surface area contributed by atoms with Crippen LogP contribution < -0.4 is 19.3 Å². The van der Waals surface area contributed by atoms with E-state index in [9.17, 15) is 14.4 Å². The van der Waals surface area contributed by atoms with Crippen molar-refractivity contribution in [2.45, 2.75) is 20.8 Å². The molecule has 5 rings (SSSR count). The molecule has 0 radical (unpaired) electrons. The quantitative estimate of drug-likeness (QED) is 0.165. The standard InChI is InChI=1S/C32H27BrN2O5/c1-4-39-28-19-21(18-26(33)29(28)40-5-2)17-25-30(36)34(23-15-13-20(3)14-16-23)32(38)35(31(25)37)27-12-8-10-22-9-6-7-11-24(22)27/h6-19H,4-5H2,1-3H3/b25-17+. The number of anilines is 2. The topological polar surface area (TPSA) is 76.2 Å². The van der Waals surface area contributed by atoms with Crippen molar-refractivity contribution in [1.82, 2.24) is 0 Å². The number of amides is 4. The van der Waals surface area contributed by atoms with Gasteiger partial charge in [-0.15, -0.1) is 0 Å². The lowest BCUT2D eigenvalue weighted by Crippen LogP contribution is -2.57. The van der Waals surface area contributed by atoms with E-state index in [2.05, 4.69) is 15.9 Å². The van der Waals surface area contributed by atoms with Crippen molar-refractivity contribution < 1.29 is 23.9 Å². The first-order valence-corrected chi connectivity index (χ1v) is 13.7. The number of hydrogen-bond acceptors (Lipinski definition) is 5. The molecule has 4 aromatic rings. The Bertz CT molecular complexity index is 1660. The van der Waals surface area contributed by atoms with E-state index in [-0.39, 0.29) is 5.57 Å². The lowest BCUT2D eigenvalue weighted by molar-refractivity contribution is -0.121. The summed E-state index contributed by atoms with van der Waals surface area (Å²) in [5.41, 5.74) is 2.11. The van der Waals surface area contributed by atoms with Gasteiger partial charge in [0, 0.05) is 5.39 Å². The van der Waals surface area contributed by atoms with Crippen LogP contribution in [-0.2, 0) is 9.59 Å². The first-order valence-electron chi connectivity index (χ1n) is 12.9. The normalized spacial score (nSPS) is 14.8.